The number of thiophene rings is 1. The van der Waals surface area contributed by atoms with Crippen LogP contribution in [0, 0.1) is 0 Å². The van der Waals surface area contributed by atoms with Crippen LogP contribution in [-0.2, 0) is 0 Å². The van der Waals surface area contributed by atoms with Gasteiger partial charge >= 0.3 is 6.03 Å². The van der Waals surface area contributed by atoms with Crippen molar-refractivity contribution in [3.8, 4) is 0 Å². The van der Waals surface area contributed by atoms with Crippen LogP contribution in [0.5, 0.6) is 0 Å². The molecule has 0 spiro atoms. The second-order valence-electron chi connectivity index (χ2n) is 4.50. The molecule has 1 aromatic carbocycles. The first-order chi connectivity index (χ1) is 10.1. The van der Waals surface area contributed by atoms with Crippen LogP contribution >= 0.6 is 46.3 Å². The van der Waals surface area contributed by atoms with E-state index >= 15 is 0 Å². The van der Waals surface area contributed by atoms with Crippen molar-refractivity contribution >= 4 is 57.3 Å². The van der Waals surface area contributed by atoms with Crippen LogP contribution in [-0.4, -0.2) is 23.2 Å². The fourth-order valence-electron chi connectivity index (χ4n) is 2.15. The van der Waals surface area contributed by atoms with Crippen molar-refractivity contribution in [1.29, 1.82) is 0 Å². The third-order valence-electron chi connectivity index (χ3n) is 3.13. The Balaban J connectivity index is 1.78. The molecule has 7 heteroatoms. The molecule has 1 aliphatic heterocycles. The zero-order valence-electron chi connectivity index (χ0n) is 10.9. The molecule has 2 heterocycles. The van der Waals surface area contributed by atoms with Gasteiger partial charge in [0.05, 0.1) is 15.0 Å². The normalized spacial score (nSPS) is 18.0. The van der Waals surface area contributed by atoms with Crippen LogP contribution < -0.4 is 5.32 Å². The van der Waals surface area contributed by atoms with Crippen LogP contribution in [0.3, 0.4) is 0 Å². The van der Waals surface area contributed by atoms with Gasteiger partial charge in [0.25, 0.3) is 0 Å². The van der Waals surface area contributed by atoms with E-state index in [1.165, 1.54) is 11.3 Å². The Kier molecular flexibility index (Phi) is 4.64. The molecule has 2 aromatic rings. The molecule has 1 atom stereocenters. The first kappa shape index (κ1) is 15.0. The minimum Gasteiger partial charge on any atom is -0.308 e. The summed E-state index contributed by atoms with van der Waals surface area (Å²) in [6, 6.07) is 9.24. The Labute approximate surface area is 141 Å². The van der Waals surface area contributed by atoms with Crippen molar-refractivity contribution in [3.05, 3.63) is 51.3 Å². The fraction of sp³-hybridized carbons (Fsp3) is 0.214. The summed E-state index contributed by atoms with van der Waals surface area (Å²) in [4.78, 5) is 14.2. The Morgan fingerprint density at radius 1 is 1.29 bits per heavy atom. The van der Waals surface area contributed by atoms with Crippen LogP contribution in [0.15, 0.2) is 35.7 Å². The van der Waals surface area contributed by atoms with E-state index in [1.54, 1.807) is 17.8 Å². The second kappa shape index (κ2) is 6.48. The summed E-state index contributed by atoms with van der Waals surface area (Å²) < 4.78 is 0. The lowest BCUT2D eigenvalue weighted by Crippen LogP contribution is -2.34. The maximum Gasteiger partial charge on any atom is 0.323 e. The summed E-state index contributed by atoms with van der Waals surface area (Å²) in [5, 5.41) is 6.72. The van der Waals surface area contributed by atoms with Crippen LogP contribution in [0.4, 0.5) is 9.80 Å². The first-order valence-electron chi connectivity index (χ1n) is 6.33. The highest BCUT2D eigenvalue weighted by molar-refractivity contribution is 7.99. The van der Waals surface area contributed by atoms with Gasteiger partial charge in [-0.1, -0.05) is 29.3 Å². The van der Waals surface area contributed by atoms with Gasteiger partial charge in [-0.2, -0.15) is 0 Å². The largest absolute Gasteiger partial charge is 0.323 e. The lowest BCUT2D eigenvalue weighted by molar-refractivity contribution is 0.214. The summed E-state index contributed by atoms with van der Waals surface area (Å²) in [5.74, 6) is 0.906. The summed E-state index contributed by atoms with van der Waals surface area (Å²) >= 11 is 15.3. The number of carbonyl (C=O) groups is 1. The molecule has 1 aliphatic rings. The highest BCUT2D eigenvalue weighted by Gasteiger charge is 2.31. The Morgan fingerprint density at radius 2 is 2.14 bits per heavy atom. The second-order valence-corrected chi connectivity index (χ2v) is 7.45. The first-order valence-corrected chi connectivity index (χ1v) is 9.01. The summed E-state index contributed by atoms with van der Waals surface area (Å²) in [5.41, 5.74) is 0.994. The standard InChI is InChI=1S/C14H12Cl2N2OS2/c15-10-4-3-9(8-11(10)16)13-18(5-7-21-13)14(19)17-12-2-1-6-20-12/h1-4,6,8,13H,5,7H2,(H,17,19). The van der Waals surface area contributed by atoms with E-state index in [0.717, 1.165) is 16.3 Å². The van der Waals surface area contributed by atoms with Gasteiger partial charge in [0.1, 0.15) is 5.37 Å². The summed E-state index contributed by atoms with van der Waals surface area (Å²) in [6.45, 7) is 0.715. The predicted octanol–water partition coefficient (Wildman–Crippen LogP) is 5.33. The van der Waals surface area contributed by atoms with Gasteiger partial charge < -0.3 is 4.90 Å². The van der Waals surface area contributed by atoms with Crippen molar-refractivity contribution in [2.75, 3.05) is 17.6 Å². The third-order valence-corrected chi connectivity index (χ3v) is 5.92. The minimum absolute atomic E-state index is 0.0280. The average Bonchev–Trinajstić information content (AvgIpc) is 3.12. The van der Waals surface area contributed by atoms with E-state index in [0.29, 0.717) is 16.6 Å². The molecule has 110 valence electrons. The number of urea groups is 1. The van der Waals surface area contributed by atoms with Gasteiger partial charge in [-0.15, -0.1) is 23.1 Å². The van der Waals surface area contributed by atoms with Crippen molar-refractivity contribution in [3.63, 3.8) is 0 Å². The number of hydrogen-bond acceptors (Lipinski definition) is 3. The predicted molar refractivity (Wildman–Crippen MR) is 91.7 cm³/mol. The van der Waals surface area contributed by atoms with Gasteiger partial charge in [-0.25, -0.2) is 4.79 Å². The minimum atomic E-state index is -0.0847. The number of rotatable bonds is 2. The molecular weight excluding hydrogens is 347 g/mol. The molecule has 1 unspecified atom stereocenters. The topological polar surface area (TPSA) is 32.3 Å². The van der Waals surface area contributed by atoms with Crippen molar-refractivity contribution in [1.82, 2.24) is 4.90 Å². The monoisotopic (exact) mass is 358 g/mol. The maximum atomic E-state index is 12.4. The number of halogens is 2. The zero-order valence-corrected chi connectivity index (χ0v) is 14.0. The molecule has 0 aliphatic carbocycles. The van der Waals surface area contributed by atoms with Gasteiger partial charge in [0.15, 0.2) is 0 Å². The Hall–Kier alpha value is -0.880. The number of amides is 2. The number of nitrogens with one attached hydrogen (secondary N) is 1. The van der Waals surface area contributed by atoms with E-state index in [2.05, 4.69) is 5.32 Å². The van der Waals surface area contributed by atoms with E-state index in [-0.39, 0.29) is 11.4 Å². The highest BCUT2D eigenvalue weighted by atomic mass is 35.5. The van der Waals surface area contributed by atoms with Gasteiger partial charge in [-0.3, -0.25) is 5.32 Å². The molecular formula is C14H12Cl2N2OS2. The van der Waals surface area contributed by atoms with Crippen molar-refractivity contribution in [2.45, 2.75) is 5.37 Å². The van der Waals surface area contributed by atoms with E-state index < -0.39 is 0 Å². The number of carbonyl (C=O) groups excluding carboxylic acids is 1. The van der Waals surface area contributed by atoms with E-state index in [9.17, 15) is 4.79 Å². The Morgan fingerprint density at radius 3 is 2.86 bits per heavy atom. The average molecular weight is 359 g/mol. The Bertz CT molecular complexity index is 648. The quantitative estimate of drug-likeness (QED) is 0.786. The lowest BCUT2D eigenvalue weighted by Gasteiger charge is -2.24. The number of benzene rings is 1. The molecule has 1 aromatic heterocycles. The molecule has 1 fully saturated rings. The third kappa shape index (κ3) is 3.31. The van der Waals surface area contributed by atoms with Crippen molar-refractivity contribution in [2.24, 2.45) is 0 Å². The van der Waals surface area contributed by atoms with Gasteiger partial charge in [-0.05, 0) is 35.2 Å². The molecule has 1 saturated heterocycles. The molecule has 2 amide bonds. The highest BCUT2D eigenvalue weighted by Crippen LogP contribution is 2.40. The summed E-state index contributed by atoms with van der Waals surface area (Å²) in [6.07, 6.45) is 0. The van der Waals surface area contributed by atoms with Crippen LogP contribution in [0.2, 0.25) is 10.0 Å². The molecule has 0 saturated carbocycles. The number of hydrogen-bond donors (Lipinski definition) is 1. The van der Waals surface area contributed by atoms with Crippen molar-refractivity contribution < 1.29 is 4.79 Å². The van der Waals surface area contributed by atoms with Crippen LogP contribution in [0.1, 0.15) is 10.9 Å². The van der Waals surface area contributed by atoms with Crippen LogP contribution in [0.25, 0.3) is 0 Å². The lowest BCUT2D eigenvalue weighted by atomic mass is 10.2. The number of nitrogens with zero attached hydrogens (tertiary/aromatic N) is 1. The van der Waals surface area contributed by atoms with E-state index in [4.69, 9.17) is 23.2 Å². The van der Waals surface area contributed by atoms with Gasteiger partial charge in [0.2, 0.25) is 0 Å². The molecule has 0 bridgehead atoms. The fourth-order valence-corrected chi connectivity index (χ4v) is 4.31. The SMILES string of the molecule is O=C(Nc1cccs1)N1CCSC1c1ccc(Cl)c(Cl)c1. The number of thioether (sulfide) groups is 1. The zero-order chi connectivity index (χ0) is 14.8. The molecule has 3 nitrogen and oxygen atoms in total. The molecule has 3 rings (SSSR count). The smallest absolute Gasteiger partial charge is 0.308 e. The maximum absolute atomic E-state index is 12.4. The molecule has 21 heavy (non-hydrogen) atoms. The van der Waals surface area contributed by atoms with E-state index in [1.807, 2.05) is 34.5 Å². The van der Waals surface area contributed by atoms with Gasteiger partial charge in [0, 0.05) is 12.3 Å². The number of anilines is 1. The molecule has 1 N–H and O–H groups in total. The summed E-state index contributed by atoms with van der Waals surface area (Å²) in [7, 11) is 0. The molecule has 0 radical (unpaired) electrons.